The van der Waals surface area contributed by atoms with Crippen LogP contribution in [0.15, 0.2) is 40.3 Å². The van der Waals surface area contributed by atoms with Crippen molar-refractivity contribution in [2.24, 2.45) is 0 Å². The van der Waals surface area contributed by atoms with E-state index in [1.807, 2.05) is 18.2 Å². The molecule has 0 radical (unpaired) electrons. The van der Waals surface area contributed by atoms with Crippen LogP contribution in [0.25, 0.3) is 10.2 Å². The average Bonchev–Trinajstić information content (AvgIpc) is 2.95. The molecule has 0 bridgehead atoms. The highest BCUT2D eigenvalue weighted by molar-refractivity contribution is 8.01. The zero-order chi connectivity index (χ0) is 14.5. The molecule has 3 rings (SSSR count). The monoisotopic (exact) mass is 355 g/mol. The molecular formula is C15H18ClN3OS2. The first-order valence-electron chi connectivity index (χ1n) is 6.95. The zero-order valence-corrected chi connectivity index (χ0v) is 14.5. The second kappa shape index (κ2) is 8.53. The van der Waals surface area contributed by atoms with Gasteiger partial charge in [0.15, 0.2) is 4.34 Å². The number of rotatable bonds is 5. The Kier molecular flexibility index (Phi) is 6.70. The Morgan fingerprint density at radius 1 is 1.41 bits per heavy atom. The molecule has 1 aromatic heterocycles. The van der Waals surface area contributed by atoms with E-state index in [0.29, 0.717) is 12.3 Å². The van der Waals surface area contributed by atoms with Gasteiger partial charge in [-0.05, 0) is 25.1 Å². The summed E-state index contributed by atoms with van der Waals surface area (Å²) in [6.45, 7) is 2.58. The molecule has 22 heavy (non-hydrogen) atoms. The molecule has 2 N–H and O–H groups in total. The van der Waals surface area contributed by atoms with Crippen LogP contribution in [0.3, 0.4) is 0 Å². The molecule has 0 fully saturated rings. The number of hydrogen-bond donors (Lipinski definition) is 2. The van der Waals surface area contributed by atoms with Crippen molar-refractivity contribution < 1.29 is 4.79 Å². The summed E-state index contributed by atoms with van der Waals surface area (Å²) in [6, 6.07) is 8.05. The molecule has 1 aliphatic heterocycles. The maximum atomic E-state index is 11.9. The van der Waals surface area contributed by atoms with Crippen LogP contribution in [0.5, 0.6) is 0 Å². The van der Waals surface area contributed by atoms with Crippen molar-refractivity contribution in [1.82, 2.24) is 15.6 Å². The lowest BCUT2D eigenvalue weighted by Crippen LogP contribution is -2.30. The first-order valence-corrected chi connectivity index (χ1v) is 8.75. The topological polar surface area (TPSA) is 54.0 Å². The lowest BCUT2D eigenvalue weighted by molar-refractivity contribution is -0.118. The van der Waals surface area contributed by atoms with Gasteiger partial charge in [-0.1, -0.05) is 35.5 Å². The summed E-state index contributed by atoms with van der Waals surface area (Å²) in [5, 5.41) is 6.24. The SMILES string of the molecule is Cl.O=C(CSc1nc2ccccc2s1)NCC1=CCNCC1. The van der Waals surface area contributed by atoms with Crippen LogP contribution in [0.2, 0.25) is 0 Å². The van der Waals surface area contributed by atoms with Crippen LogP contribution in [0, 0.1) is 0 Å². The predicted octanol–water partition coefficient (Wildman–Crippen LogP) is 2.85. The Morgan fingerprint density at radius 3 is 3.05 bits per heavy atom. The number of amides is 1. The van der Waals surface area contributed by atoms with Gasteiger partial charge in [0.1, 0.15) is 0 Å². The molecule has 2 heterocycles. The third-order valence-corrected chi connectivity index (χ3v) is 5.45. The first-order chi connectivity index (χ1) is 10.3. The van der Waals surface area contributed by atoms with Crippen LogP contribution in [0.4, 0.5) is 0 Å². The Bertz CT molecular complexity index is 639. The fraction of sp³-hybridized carbons (Fsp3) is 0.333. The molecule has 4 nitrogen and oxygen atoms in total. The molecule has 0 unspecified atom stereocenters. The number of nitrogens with one attached hydrogen (secondary N) is 2. The minimum Gasteiger partial charge on any atom is -0.352 e. The van der Waals surface area contributed by atoms with Crippen LogP contribution in [0.1, 0.15) is 6.42 Å². The molecule has 0 saturated heterocycles. The van der Waals surface area contributed by atoms with Gasteiger partial charge in [-0.3, -0.25) is 4.79 Å². The maximum absolute atomic E-state index is 11.9. The summed E-state index contributed by atoms with van der Waals surface area (Å²) < 4.78 is 2.12. The highest BCUT2D eigenvalue weighted by atomic mass is 35.5. The van der Waals surface area contributed by atoms with Crippen molar-refractivity contribution in [1.29, 1.82) is 0 Å². The number of para-hydroxylation sites is 1. The Balaban J connectivity index is 0.00000176. The Morgan fingerprint density at radius 2 is 2.27 bits per heavy atom. The van der Waals surface area contributed by atoms with Crippen molar-refractivity contribution in [2.75, 3.05) is 25.4 Å². The second-order valence-corrected chi connectivity index (χ2v) is 7.08. The first kappa shape index (κ1) is 17.3. The van der Waals surface area contributed by atoms with E-state index in [1.165, 1.54) is 22.0 Å². The highest BCUT2D eigenvalue weighted by Gasteiger charge is 2.09. The van der Waals surface area contributed by atoms with E-state index < -0.39 is 0 Å². The van der Waals surface area contributed by atoms with Gasteiger partial charge in [0.25, 0.3) is 0 Å². The summed E-state index contributed by atoms with van der Waals surface area (Å²) >= 11 is 3.14. The van der Waals surface area contributed by atoms with Crippen LogP contribution in [-0.2, 0) is 4.79 Å². The number of aromatic nitrogens is 1. The normalized spacial score (nSPS) is 14.3. The molecule has 0 spiro atoms. The summed E-state index contributed by atoms with van der Waals surface area (Å²) in [5.74, 6) is 0.490. The molecular weight excluding hydrogens is 338 g/mol. The van der Waals surface area contributed by atoms with Crippen molar-refractivity contribution in [3.8, 4) is 0 Å². The minimum absolute atomic E-state index is 0. The number of hydrogen-bond acceptors (Lipinski definition) is 5. The molecule has 0 aliphatic carbocycles. The number of thioether (sulfide) groups is 1. The fourth-order valence-corrected chi connectivity index (χ4v) is 4.03. The lowest BCUT2D eigenvalue weighted by Gasteiger charge is -2.14. The van der Waals surface area contributed by atoms with E-state index in [-0.39, 0.29) is 18.3 Å². The van der Waals surface area contributed by atoms with Gasteiger partial charge in [-0.2, -0.15) is 0 Å². The van der Waals surface area contributed by atoms with E-state index in [0.717, 1.165) is 29.4 Å². The Labute approximate surface area is 144 Å². The number of benzene rings is 1. The van der Waals surface area contributed by atoms with E-state index in [9.17, 15) is 4.79 Å². The highest BCUT2D eigenvalue weighted by Crippen LogP contribution is 2.28. The second-order valence-electron chi connectivity index (χ2n) is 4.83. The van der Waals surface area contributed by atoms with Crippen molar-refractivity contribution >= 4 is 51.6 Å². The van der Waals surface area contributed by atoms with E-state index in [1.54, 1.807) is 11.3 Å². The molecule has 0 saturated carbocycles. The van der Waals surface area contributed by atoms with Gasteiger partial charge < -0.3 is 10.6 Å². The third-order valence-electron chi connectivity index (χ3n) is 3.27. The molecule has 7 heteroatoms. The number of fused-ring (bicyclic) bond motifs is 1. The standard InChI is InChI=1S/C15H17N3OS2.ClH/c19-14(17-9-11-5-7-16-8-6-11)10-20-15-18-12-3-1-2-4-13(12)21-15;/h1-5,16H,6-10H2,(H,17,19);1H. The largest absolute Gasteiger partial charge is 0.352 e. The minimum atomic E-state index is 0. The number of carbonyl (C=O) groups excluding carboxylic acids is 1. The maximum Gasteiger partial charge on any atom is 0.230 e. The molecule has 1 aliphatic rings. The summed E-state index contributed by atoms with van der Waals surface area (Å²) in [5.41, 5.74) is 2.32. The summed E-state index contributed by atoms with van der Waals surface area (Å²) in [4.78, 5) is 16.4. The van der Waals surface area contributed by atoms with Crippen LogP contribution >= 0.6 is 35.5 Å². The van der Waals surface area contributed by atoms with Gasteiger partial charge in [0.05, 0.1) is 16.0 Å². The Hall–Kier alpha value is -1.08. The van der Waals surface area contributed by atoms with Crippen LogP contribution in [-0.4, -0.2) is 36.3 Å². The quantitative estimate of drug-likeness (QED) is 0.639. The molecule has 1 aromatic carbocycles. The summed E-state index contributed by atoms with van der Waals surface area (Å²) in [7, 11) is 0. The van der Waals surface area contributed by atoms with Crippen LogP contribution < -0.4 is 10.6 Å². The van der Waals surface area contributed by atoms with Gasteiger partial charge >= 0.3 is 0 Å². The third kappa shape index (κ3) is 4.71. The van der Waals surface area contributed by atoms with Gasteiger partial charge in [0.2, 0.25) is 5.91 Å². The number of halogens is 1. The van der Waals surface area contributed by atoms with Crippen molar-refractivity contribution in [2.45, 2.75) is 10.8 Å². The van der Waals surface area contributed by atoms with Crippen molar-refractivity contribution in [3.05, 3.63) is 35.9 Å². The van der Waals surface area contributed by atoms with E-state index >= 15 is 0 Å². The summed E-state index contributed by atoms with van der Waals surface area (Å²) in [6.07, 6.45) is 3.18. The number of thiazole rings is 1. The van der Waals surface area contributed by atoms with Gasteiger partial charge in [-0.25, -0.2) is 4.98 Å². The fourth-order valence-electron chi connectivity index (χ4n) is 2.13. The molecule has 118 valence electrons. The number of carbonyl (C=O) groups is 1. The van der Waals surface area contributed by atoms with E-state index in [2.05, 4.69) is 27.8 Å². The predicted molar refractivity (Wildman–Crippen MR) is 96.2 cm³/mol. The molecule has 0 atom stereocenters. The smallest absolute Gasteiger partial charge is 0.230 e. The molecule has 1 amide bonds. The number of nitrogens with zero attached hydrogens (tertiary/aromatic N) is 1. The molecule has 2 aromatic rings. The zero-order valence-electron chi connectivity index (χ0n) is 12.0. The van der Waals surface area contributed by atoms with E-state index in [4.69, 9.17) is 0 Å². The van der Waals surface area contributed by atoms with Gasteiger partial charge in [-0.15, -0.1) is 23.7 Å². The lowest BCUT2D eigenvalue weighted by atomic mass is 10.1. The average molecular weight is 356 g/mol. The van der Waals surface area contributed by atoms with Gasteiger partial charge in [0, 0.05) is 13.1 Å². The van der Waals surface area contributed by atoms with Crippen molar-refractivity contribution in [3.63, 3.8) is 0 Å².